The van der Waals surface area contributed by atoms with Crippen LogP contribution in [0.15, 0.2) is 6.07 Å². The molecule has 0 heterocycles. The van der Waals surface area contributed by atoms with Gasteiger partial charge in [0.15, 0.2) is 0 Å². The number of aryl methyl sites for hydroxylation is 2. The molecule has 0 aromatic heterocycles. The first-order valence-electron chi connectivity index (χ1n) is 7.13. The van der Waals surface area contributed by atoms with Gasteiger partial charge in [0.2, 0.25) is 0 Å². The Kier molecular flexibility index (Phi) is 5.40. The van der Waals surface area contributed by atoms with Gasteiger partial charge >= 0.3 is 0 Å². The van der Waals surface area contributed by atoms with Crippen molar-refractivity contribution in [2.45, 2.75) is 60.4 Å². The molecule has 0 aliphatic carbocycles. The van der Waals surface area contributed by atoms with Crippen LogP contribution < -0.4 is 5.32 Å². The second kappa shape index (κ2) is 6.38. The average Bonchev–Trinajstić information content (AvgIpc) is 2.30. The molecule has 1 N–H and O–H groups in total. The van der Waals surface area contributed by atoms with E-state index < -0.39 is 0 Å². The van der Waals surface area contributed by atoms with Gasteiger partial charge in [0.05, 0.1) is 0 Å². The Morgan fingerprint density at radius 1 is 0.944 bits per heavy atom. The summed E-state index contributed by atoms with van der Waals surface area (Å²) >= 11 is 0. The summed E-state index contributed by atoms with van der Waals surface area (Å²) in [7, 11) is 2.08. The third-order valence-corrected chi connectivity index (χ3v) is 4.15. The van der Waals surface area contributed by atoms with Gasteiger partial charge in [-0.3, -0.25) is 0 Å². The minimum atomic E-state index is 0.492. The summed E-state index contributed by atoms with van der Waals surface area (Å²) in [4.78, 5) is 0. The Hall–Kier alpha value is -0.820. The molecule has 0 fully saturated rings. The quantitative estimate of drug-likeness (QED) is 0.800. The van der Waals surface area contributed by atoms with Gasteiger partial charge in [-0.25, -0.2) is 0 Å². The molecular weight excluding hydrogens is 218 g/mol. The number of rotatable bonds is 5. The van der Waals surface area contributed by atoms with Gasteiger partial charge in [0.1, 0.15) is 0 Å². The van der Waals surface area contributed by atoms with Crippen LogP contribution in [0.4, 0.5) is 0 Å². The lowest BCUT2D eigenvalue weighted by Crippen LogP contribution is -2.20. The summed E-state index contributed by atoms with van der Waals surface area (Å²) in [6.07, 6.45) is 2.50. The summed E-state index contributed by atoms with van der Waals surface area (Å²) < 4.78 is 0. The minimum absolute atomic E-state index is 0.492. The van der Waals surface area contributed by atoms with Gasteiger partial charge in [-0.2, -0.15) is 0 Å². The lowest BCUT2D eigenvalue weighted by molar-refractivity contribution is 0.462. The molecule has 1 nitrogen and oxygen atoms in total. The molecule has 0 amide bonds. The summed E-state index contributed by atoms with van der Waals surface area (Å²) in [6.45, 7) is 13.6. The van der Waals surface area contributed by atoms with Crippen LogP contribution in [0.3, 0.4) is 0 Å². The molecule has 1 aromatic carbocycles. The molecule has 1 atom stereocenters. The smallest absolute Gasteiger partial charge is 0.0323 e. The second-order valence-electron chi connectivity index (χ2n) is 5.99. The lowest BCUT2D eigenvalue weighted by Gasteiger charge is -2.24. The van der Waals surface area contributed by atoms with Crippen LogP contribution in [0.25, 0.3) is 0 Å². The topological polar surface area (TPSA) is 12.0 Å². The molecule has 1 unspecified atom stereocenters. The average molecular weight is 247 g/mol. The molecule has 0 aliphatic heterocycles. The van der Waals surface area contributed by atoms with Crippen LogP contribution in [0.1, 0.15) is 60.5 Å². The van der Waals surface area contributed by atoms with Crippen molar-refractivity contribution in [3.8, 4) is 0 Å². The standard InChI is InChI=1S/C17H29N/c1-11(2)8-9-16(18-7)17-14(5)12(3)10-13(4)15(17)6/h10-11,16,18H,8-9H2,1-7H3. The van der Waals surface area contributed by atoms with Crippen molar-refractivity contribution in [3.63, 3.8) is 0 Å². The van der Waals surface area contributed by atoms with Crippen LogP contribution in [0, 0.1) is 33.6 Å². The fraction of sp³-hybridized carbons (Fsp3) is 0.647. The van der Waals surface area contributed by atoms with Gasteiger partial charge in [-0.15, -0.1) is 0 Å². The summed E-state index contributed by atoms with van der Waals surface area (Å²) in [5.74, 6) is 0.771. The van der Waals surface area contributed by atoms with Crippen LogP contribution in [-0.2, 0) is 0 Å². The van der Waals surface area contributed by atoms with Crippen molar-refractivity contribution in [2.24, 2.45) is 5.92 Å². The monoisotopic (exact) mass is 247 g/mol. The molecule has 18 heavy (non-hydrogen) atoms. The van der Waals surface area contributed by atoms with Crippen molar-refractivity contribution in [3.05, 3.63) is 33.9 Å². The third-order valence-electron chi connectivity index (χ3n) is 4.15. The first kappa shape index (κ1) is 15.2. The zero-order valence-corrected chi connectivity index (χ0v) is 13.1. The van der Waals surface area contributed by atoms with E-state index in [1.54, 1.807) is 0 Å². The Morgan fingerprint density at radius 3 is 1.83 bits per heavy atom. The fourth-order valence-electron chi connectivity index (χ4n) is 2.70. The molecule has 0 saturated heterocycles. The van der Waals surface area contributed by atoms with E-state index in [1.807, 2.05) is 0 Å². The van der Waals surface area contributed by atoms with Crippen molar-refractivity contribution in [1.82, 2.24) is 5.32 Å². The van der Waals surface area contributed by atoms with Crippen LogP contribution >= 0.6 is 0 Å². The number of hydrogen-bond donors (Lipinski definition) is 1. The molecule has 1 rings (SSSR count). The highest BCUT2D eigenvalue weighted by molar-refractivity contribution is 5.45. The van der Waals surface area contributed by atoms with E-state index in [0.29, 0.717) is 6.04 Å². The predicted octanol–water partition coefficient (Wildman–Crippen LogP) is 4.62. The van der Waals surface area contributed by atoms with Crippen molar-refractivity contribution in [2.75, 3.05) is 7.05 Å². The van der Waals surface area contributed by atoms with E-state index in [-0.39, 0.29) is 0 Å². The maximum atomic E-state index is 3.51. The molecule has 0 aliphatic rings. The van der Waals surface area contributed by atoms with E-state index in [1.165, 1.54) is 40.7 Å². The van der Waals surface area contributed by atoms with Crippen molar-refractivity contribution in [1.29, 1.82) is 0 Å². The summed E-state index contributed by atoms with van der Waals surface area (Å²) in [5.41, 5.74) is 7.27. The first-order valence-corrected chi connectivity index (χ1v) is 7.13. The summed E-state index contributed by atoms with van der Waals surface area (Å²) in [6, 6.07) is 2.80. The lowest BCUT2D eigenvalue weighted by atomic mass is 9.87. The normalized spacial score (nSPS) is 13.1. The van der Waals surface area contributed by atoms with Gasteiger partial charge in [0, 0.05) is 6.04 Å². The Morgan fingerprint density at radius 2 is 1.44 bits per heavy atom. The zero-order valence-electron chi connectivity index (χ0n) is 13.1. The maximum absolute atomic E-state index is 3.51. The second-order valence-corrected chi connectivity index (χ2v) is 5.99. The molecule has 0 spiro atoms. The highest BCUT2D eigenvalue weighted by Crippen LogP contribution is 2.30. The molecule has 0 radical (unpaired) electrons. The fourth-order valence-corrected chi connectivity index (χ4v) is 2.70. The molecule has 102 valence electrons. The molecule has 0 saturated carbocycles. The molecular formula is C17H29N. The minimum Gasteiger partial charge on any atom is -0.313 e. The van der Waals surface area contributed by atoms with E-state index in [9.17, 15) is 0 Å². The Balaban J connectivity index is 3.12. The van der Waals surface area contributed by atoms with Gasteiger partial charge in [0.25, 0.3) is 0 Å². The van der Waals surface area contributed by atoms with E-state index in [2.05, 4.69) is 60.0 Å². The molecule has 1 aromatic rings. The molecule has 1 heteroatoms. The SMILES string of the molecule is CNC(CCC(C)C)c1c(C)c(C)cc(C)c1C. The maximum Gasteiger partial charge on any atom is 0.0323 e. The largest absolute Gasteiger partial charge is 0.313 e. The van der Waals surface area contributed by atoms with E-state index >= 15 is 0 Å². The first-order chi connectivity index (χ1) is 8.38. The van der Waals surface area contributed by atoms with Crippen molar-refractivity contribution < 1.29 is 0 Å². The Bertz CT molecular complexity index is 378. The van der Waals surface area contributed by atoms with Crippen LogP contribution in [0.5, 0.6) is 0 Å². The number of nitrogens with one attached hydrogen (secondary N) is 1. The van der Waals surface area contributed by atoms with E-state index in [0.717, 1.165) is 5.92 Å². The van der Waals surface area contributed by atoms with Gasteiger partial charge in [-0.05, 0) is 81.3 Å². The highest BCUT2D eigenvalue weighted by Gasteiger charge is 2.17. The number of benzene rings is 1. The van der Waals surface area contributed by atoms with Crippen molar-refractivity contribution >= 4 is 0 Å². The Labute approximate surface area is 113 Å². The van der Waals surface area contributed by atoms with Gasteiger partial charge in [-0.1, -0.05) is 19.9 Å². The van der Waals surface area contributed by atoms with Gasteiger partial charge < -0.3 is 5.32 Å². The van der Waals surface area contributed by atoms with Crippen LogP contribution in [0.2, 0.25) is 0 Å². The zero-order chi connectivity index (χ0) is 13.9. The van der Waals surface area contributed by atoms with E-state index in [4.69, 9.17) is 0 Å². The summed E-state index contributed by atoms with van der Waals surface area (Å²) in [5, 5.41) is 3.51. The number of hydrogen-bond acceptors (Lipinski definition) is 1. The predicted molar refractivity (Wildman–Crippen MR) is 81.3 cm³/mol. The van der Waals surface area contributed by atoms with Crippen LogP contribution in [-0.4, -0.2) is 7.05 Å². The molecule has 0 bridgehead atoms. The third kappa shape index (κ3) is 3.35. The highest BCUT2D eigenvalue weighted by atomic mass is 14.9.